The van der Waals surface area contributed by atoms with E-state index < -0.39 is 6.10 Å². The number of hydrogen-bond donors (Lipinski definition) is 1. The summed E-state index contributed by atoms with van der Waals surface area (Å²) >= 11 is 5.85. The summed E-state index contributed by atoms with van der Waals surface area (Å²) in [6.45, 7) is 5.11. The monoisotopic (exact) mass is 349 g/mol. The van der Waals surface area contributed by atoms with Gasteiger partial charge in [-0.15, -0.1) is 0 Å². The quantitative estimate of drug-likeness (QED) is 0.871. The lowest BCUT2D eigenvalue weighted by atomic mass is 9.93. The summed E-state index contributed by atoms with van der Waals surface area (Å²) in [7, 11) is 0. The number of aromatic nitrogens is 2. The molecule has 1 aromatic heterocycles. The maximum absolute atomic E-state index is 10.3. The first-order chi connectivity index (χ1) is 11.6. The van der Waals surface area contributed by atoms with E-state index in [0.717, 1.165) is 25.3 Å². The topological polar surface area (TPSA) is 50.5 Å². The minimum Gasteiger partial charge on any atom is -0.491 e. The number of piperidine rings is 1. The van der Waals surface area contributed by atoms with E-state index in [-0.39, 0.29) is 6.61 Å². The third-order valence-electron chi connectivity index (χ3n) is 4.64. The van der Waals surface area contributed by atoms with E-state index in [1.165, 1.54) is 0 Å². The van der Waals surface area contributed by atoms with Gasteiger partial charge in [0.1, 0.15) is 18.5 Å². The van der Waals surface area contributed by atoms with Gasteiger partial charge in [0, 0.05) is 36.5 Å². The summed E-state index contributed by atoms with van der Waals surface area (Å²) in [5.41, 5.74) is 0. The van der Waals surface area contributed by atoms with Gasteiger partial charge in [0.15, 0.2) is 0 Å². The van der Waals surface area contributed by atoms with Crippen molar-refractivity contribution >= 4 is 11.6 Å². The van der Waals surface area contributed by atoms with Gasteiger partial charge in [-0.1, -0.05) is 18.5 Å². The van der Waals surface area contributed by atoms with Crippen LogP contribution in [-0.4, -0.2) is 51.9 Å². The Morgan fingerprint density at radius 1 is 1.38 bits per heavy atom. The van der Waals surface area contributed by atoms with Crippen molar-refractivity contribution in [2.24, 2.45) is 5.92 Å². The van der Waals surface area contributed by atoms with Crippen molar-refractivity contribution in [2.45, 2.75) is 25.5 Å². The molecular formula is C18H24ClN3O2. The Labute approximate surface area is 147 Å². The van der Waals surface area contributed by atoms with Crippen LogP contribution < -0.4 is 4.74 Å². The lowest BCUT2D eigenvalue weighted by Gasteiger charge is -2.38. The van der Waals surface area contributed by atoms with Gasteiger partial charge < -0.3 is 14.4 Å². The van der Waals surface area contributed by atoms with Gasteiger partial charge in [0.2, 0.25) is 0 Å². The maximum Gasteiger partial charge on any atom is 0.119 e. The van der Waals surface area contributed by atoms with Crippen molar-refractivity contribution in [1.82, 2.24) is 14.5 Å². The van der Waals surface area contributed by atoms with Crippen molar-refractivity contribution < 1.29 is 9.84 Å². The molecular weight excluding hydrogens is 326 g/mol. The predicted octanol–water partition coefficient (Wildman–Crippen LogP) is 2.86. The number of hydrogen-bond acceptors (Lipinski definition) is 4. The van der Waals surface area contributed by atoms with Gasteiger partial charge in [-0.05, 0) is 43.1 Å². The summed E-state index contributed by atoms with van der Waals surface area (Å²) in [6.07, 6.45) is 6.32. The second-order valence-corrected chi connectivity index (χ2v) is 6.96. The van der Waals surface area contributed by atoms with Crippen LogP contribution >= 0.6 is 11.6 Å². The van der Waals surface area contributed by atoms with Gasteiger partial charge in [-0.3, -0.25) is 4.90 Å². The second-order valence-electron chi connectivity index (χ2n) is 6.52. The molecule has 6 heteroatoms. The Kier molecular flexibility index (Phi) is 5.76. The van der Waals surface area contributed by atoms with Crippen molar-refractivity contribution in [2.75, 3.05) is 26.2 Å². The molecule has 130 valence electrons. The first kappa shape index (κ1) is 17.3. The van der Waals surface area contributed by atoms with Gasteiger partial charge >= 0.3 is 0 Å². The third-order valence-corrected chi connectivity index (χ3v) is 4.89. The number of β-amino-alcohol motifs (C(OH)–C–C–N with tert-alkyl or cyclic N) is 1. The number of nitrogens with zero attached hydrogens (tertiary/aromatic N) is 3. The highest BCUT2D eigenvalue weighted by Crippen LogP contribution is 2.27. The van der Waals surface area contributed by atoms with E-state index in [4.69, 9.17) is 16.3 Å². The molecule has 0 bridgehead atoms. The zero-order chi connectivity index (χ0) is 16.9. The minimum atomic E-state index is -0.516. The van der Waals surface area contributed by atoms with Crippen LogP contribution in [0, 0.1) is 5.92 Å². The van der Waals surface area contributed by atoms with E-state index in [0.29, 0.717) is 23.5 Å². The number of imidazole rings is 1. The number of ether oxygens (including phenoxy) is 1. The first-order valence-electron chi connectivity index (χ1n) is 8.38. The van der Waals surface area contributed by atoms with E-state index in [1.807, 2.05) is 30.9 Å². The van der Waals surface area contributed by atoms with Crippen LogP contribution in [0.5, 0.6) is 5.75 Å². The SMILES string of the molecule is CC1CCN(CC(O)COc2ccc(Cl)cc2)CC1n1ccnc1. The largest absolute Gasteiger partial charge is 0.491 e. The number of likely N-dealkylation sites (tertiary alicyclic amines) is 1. The molecule has 1 aliphatic heterocycles. The Hall–Kier alpha value is -1.56. The molecule has 3 unspecified atom stereocenters. The molecule has 0 saturated carbocycles. The number of aliphatic hydroxyl groups excluding tert-OH is 1. The van der Waals surface area contributed by atoms with Crippen LogP contribution in [0.4, 0.5) is 0 Å². The molecule has 0 radical (unpaired) electrons. The molecule has 3 atom stereocenters. The van der Waals surface area contributed by atoms with Gasteiger partial charge in [0.05, 0.1) is 6.33 Å². The standard InChI is InChI=1S/C18H24ClN3O2/c1-14-6-8-21(11-18(14)22-9-7-20-13-22)10-16(23)12-24-17-4-2-15(19)3-5-17/h2-5,7,9,13-14,16,18,23H,6,8,10-12H2,1H3. The fourth-order valence-electron chi connectivity index (χ4n) is 3.21. The van der Waals surface area contributed by atoms with Crippen LogP contribution in [-0.2, 0) is 0 Å². The summed E-state index contributed by atoms with van der Waals surface area (Å²) in [5, 5.41) is 11.0. The number of halogens is 1. The Morgan fingerprint density at radius 2 is 2.17 bits per heavy atom. The normalized spacial score (nSPS) is 23.1. The summed E-state index contributed by atoms with van der Waals surface area (Å²) in [5.74, 6) is 1.33. The molecule has 1 N–H and O–H groups in total. The van der Waals surface area contributed by atoms with Gasteiger partial charge in [-0.2, -0.15) is 0 Å². The Balaban J connectivity index is 1.49. The van der Waals surface area contributed by atoms with Crippen LogP contribution in [0.15, 0.2) is 43.0 Å². The minimum absolute atomic E-state index is 0.281. The zero-order valence-electron chi connectivity index (χ0n) is 13.9. The van der Waals surface area contributed by atoms with Crippen LogP contribution in [0.3, 0.4) is 0 Å². The summed E-state index contributed by atoms with van der Waals surface area (Å²) in [6, 6.07) is 7.60. The molecule has 2 aromatic rings. The van der Waals surface area contributed by atoms with E-state index >= 15 is 0 Å². The van der Waals surface area contributed by atoms with Crippen molar-refractivity contribution in [3.63, 3.8) is 0 Å². The highest BCUT2D eigenvalue weighted by atomic mass is 35.5. The van der Waals surface area contributed by atoms with E-state index in [2.05, 4.69) is 21.4 Å². The van der Waals surface area contributed by atoms with Crippen LogP contribution in [0.2, 0.25) is 5.02 Å². The lowest BCUT2D eigenvalue weighted by molar-refractivity contribution is 0.0427. The fraction of sp³-hybridized carbons (Fsp3) is 0.500. The number of rotatable bonds is 6. The van der Waals surface area contributed by atoms with Crippen molar-refractivity contribution in [3.05, 3.63) is 48.0 Å². The number of benzene rings is 1. The van der Waals surface area contributed by atoms with Crippen molar-refractivity contribution in [1.29, 1.82) is 0 Å². The molecule has 0 amide bonds. The maximum atomic E-state index is 10.3. The highest BCUT2D eigenvalue weighted by molar-refractivity contribution is 6.30. The summed E-state index contributed by atoms with van der Waals surface area (Å²) < 4.78 is 7.81. The van der Waals surface area contributed by atoms with E-state index in [1.54, 1.807) is 12.1 Å². The molecule has 2 heterocycles. The van der Waals surface area contributed by atoms with Crippen molar-refractivity contribution in [3.8, 4) is 5.75 Å². The second kappa shape index (κ2) is 8.01. The van der Waals surface area contributed by atoms with E-state index in [9.17, 15) is 5.11 Å². The third kappa shape index (κ3) is 4.50. The molecule has 5 nitrogen and oxygen atoms in total. The molecule has 1 aliphatic rings. The average molecular weight is 350 g/mol. The molecule has 24 heavy (non-hydrogen) atoms. The van der Waals surface area contributed by atoms with Gasteiger partial charge in [-0.25, -0.2) is 4.98 Å². The molecule has 0 spiro atoms. The summed E-state index contributed by atoms with van der Waals surface area (Å²) in [4.78, 5) is 6.46. The Morgan fingerprint density at radius 3 is 2.88 bits per heavy atom. The van der Waals surface area contributed by atoms with Gasteiger partial charge in [0.25, 0.3) is 0 Å². The zero-order valence-corrected chi connectivity index (χ0v) is 14.6. The molecule has 1 aromatic carbocycles. The first-order valence-corrected chi connectivity index (χ1v) is 8.76. The number of aliphatic hydroxyl groups is 1. The van der Waals surface area contributed by atoms with Crippen LogP contribution in [0.1, 0.15) is 19.4 Å². The lowest BCUT2D eigenvalue weighted by Crippen LogP contribution is -2.44. The average Bonchev–Trinajstić information content (AvgIpc) is 3.10. The molecule has 1 saturated heterocycles. The molecule has 0 aliphatic carbocycles. The molecule has 3 rings (SSSR count). The highest BCUT2D eigenvalue weighted by Gasteiger charge is 2.28. The molecule has 1 fully saturated rings. The Bertz CT molecular complexity index is 618. The van der Waals surface area contributed by atoms with Crippen LogP contribution in [0.25, 0.3) is 0 Å². The fourth-order valence-corrected chi connectivity index (χ4v) is 3.33. The smallest absolute Gasteiger partial charge is 0.119 e. The predicted molar refractivity (Wildman–Crippen MR) is 94.4 cm³/mol.